The van der Waals surface area contributed by atoms with E-state index in [0.29, 0.717) is 5.76 Å². The number of nitrogens with one attached hydrogen (secondary N) is 1. The molecule has 7 heteroatoms. The first kappa shape index (κ1) is 15.5. The first-order valence-electron chi connectivity index (χ1n) is 4.76. The molecular weight excluding hydrogens is 248 g/mol. The van der Waals surface area contributed by atoms with Gasteiger partial charge in [0, 0.05) is 0 Å². The molecule has 96 valence electrons. The molecule has 1 aromatic rings. The SMILES string of the molecule is COC(=O)[C@H](C)NC(=O)c1ccc(CN)o1.Cl. The summed E-state index contributed by atoms with van der Waals surface area (Å²) in [5.74, 6) is -0.358. The topological polar surface area (TPSA) is 94.6 Å². The smallest absolute Gasteiger partial charge is 0.328 e. The Hall–Kier alpha value is -1.53. The van der Waals surface area contributed by atoms with E-state index in [1.807, 2.05) is 0 Å². The van der Waals surface area contributed by atoms with E-state index in [0.717, 1.165) is 0 Å². The van der Waals surface area contributed by atoms with Crippen LogP contribution in [0.4, 0.5) is 0 Å². The summed E-state index contributed by atoms with van der Waals surface area (Å²) in [4.78, 5) is 22.6. The molecule has 0 aliphatic carbocycles. The van der Waals surface area contributed by atoms with Crippen LogP contribution in [0.3, 0.4) is 0 Å². The van der Waals surface area contributed by atoms with Gasteiger partial charge in [0.1, 0.15) is 11.8 Å². The number of rotatable bonds is 4. The minimum absolute atomic E-state index is 0. The number of carbonyl (C=O) groups is 2. The number of nitrogens with two attached hydrogens (primary N) is 1. The second kappa shape index (κ2) is 6.93. The molecule has 0 aliphatic heterocycles. The fourth-order valence-electron chi connectivity index (χ4n) is 1.11. The normalized spacial score (nSPS) is 11.2. The summed E-state index contributed by atoms with van der Waals surface area (Å²) >= 11 is 0. The molecule has 0 spiro atoms. The minimum Gasteiger partial charge on any atom is -0.467 e. The van der Waals surface area contributed by atoms with E-state index in [1.165, 1.54) is 20.1 Å². The maximum absolute atomic E-state index is 11.6. The lowest BCUT2D eigenvalue weighted by atomic mass is 10.3. The van der Waals surface area contributed by atoms with Gasteiger partial charge in [-0.2, -0.15) is 0 Å². The van der Waals surface area contributed by atoms with Crippen LogP contribution >= 0.6 is 12.4 Å². The minimum atomic E-state index is -0.719. The van der Waals surface area contributed by atoms with Gasteiger partial charge in [0.2, 0.25) is 0 Å². The third-order valence-corrected chi connectivity index (χ3v) is 1.99. The zero-order valence-electron chi connectivity index (χ0n) is 9.56. The Balaban J connectivity index is 0.00000256. The van der Waals surface area contributed by atoms with Crippen LogP contribution in [0.5, 0.6) is 0 Å². The first-order valence-corrected chi connectivity index (χ1v) is 4.76. The zero-order chi connectivity index (χ0) is 12.1. The largest absolute Gasteiger partial charge is 0.467 e. The van der Waals surface area contributed by atoms with Gasteiger partial charge in [0.05, 0.1) is 13.7 Å². The Morgan fingerprint density at radius 1 is 1.53 bits per heavy atom. The van der Waals surface area contributed by atoms with E-state index in [2.05, 4.69) is 10.1 Å². The predicted molar refractivity (Wildman–Crippen MR) is 62.8 cm³/mol. The number of ether oxygens (including phenoxy) is 1. The third-order valence-electron chi connectivity index (χ3n) is 1.99. The van der Waals surface area contributed by atoms with Crippen molar-refractivity contribution in [3.05, 3.63) is 23.7 Å². The number of halogens is 1. The van der Waals surface area contributed by atoms with Crippen LogP contribution < -0.4 is 11.1 Å². The Bertz CT molecular complexity index is 391. The summed E-state index contributed by atoms with van der Waals surface area (Å²) in [6.07, 6.45) is 0. The Morgan fingerprint density at radius 3 is 2.65 bits per heavy atom. The highest BCUT2D eigenvalue weighted by Gasteiger charge is 2.18. The first-order chi connectivity index (χ1) is 7.58. The maximum Gasteiger partial charge on any atom is 0.328 e. The zero-order valence-corrected chi connectivity index (χ0v) is 10.4. The summed E-state index contributed by atoms with van der Waals surface area (Å²) in [6, 6.07) is 2.39. The van der Waals surface area contributed by atoms with Gasteiger partial charge in [0.15, 0.2) is 5.76 Å². The van der Waals surface area contributed by atoms with Gasteiger partial charge in [0.25, 0.3) is 5.91 Å². The Morgan fingerprint density at radius 2 is 2.18 bits per heavy atom. The molecular formula is C10H15ClN2O4. The van der Waals surface area contributed by atoms with Crippen LogP contribution in [0, 0.1) is 0 Å². The molecule has 0 saturated heterocycles. The highest BCUT2D eigenvalue weighted by atomic mass is 35.5. The van der Waals surface area contributed by atoms with Gasteiger partial charge in [-0.3, -0.25) is 4.79 Å². The summed E-state index contributed by atoms with van der Waals surface area (Å²) < 4.78 is 9.59. The van der Waals surface area contributed by atoms with Crippen molar-refractivity contribution in [2.75, 3.05) is 7.11 Å². The quantitative estimate of drug-likeness (QED) is 0.769. The molecule has 1 aromatic heterocycles. The van der Waals surface area contributed by atoms with Crippen molar-refractivity contribution in [3.8, 4) is 0 Å². The van der Waals surface area contributed by atoms with E-state index < -0.39 is 17.9 Å². The van der Waals surface area contributed by atoms with Gasteiger partial charge in [-0.05, 0) is 19.1 Å². The molecule has 0 unspecified atom stereocenters. The summed E-state index contributed by atoms with van der Waals surface area (Å²) in [5.41, 5.74) is 5.33. The average molecular weight is 263 g/mol. The molecule has 0 aromatic carbocycles. The fourth-order valence-corrected chi connectivity index (χ4v) is 1.11. The average Bonchev–Trinajstić information content (AvgIpc) is 2.76. The lowest BCUT2D eigenvalue weighted by Gasteiger charge is -2.09. The van der Waals surface area contributed by atoms with Crippen molar-refractivity contribution >= 4 is 24.3 Å². The second-order valence-corrected chi connectivity index (χ2v) is 3.19. The standard InChI is InChI=1S/C10H14N2O4.ClH/c1-6(10(14)15-2)12-9(13)8-4-3-7(5-11)16-8;/h3-4,6H,5,11H2,1-2H3,(H,12,13);1H/t6-;/m0./s1. The van der Waals surface area contributed by atoms with Crippen molar-refractivity contribution in [2.45, 2.75) is 19.5 Å². The molecule has 6 nitrogen and oxygen atoms in total. The van der Waals surface area contributed by atoms with Gasteiger partial charge < -0.3 is 20.2 Å². The van der Waals surface area contributed by atoms with Gasteiger partial charge >= 0.3 is 5.97 Å². The molecule has 1 rings (SSSR count). The monoisotopic (exact) mass is 262 g/mol. The van der Waals surface area contributed by atoms with Crippen LogP contribution in [-0.2, 0) is 16.1 Å². The van der Waals surface area contributed by atoms with Crippen molar-refractivity contribution in [1.29, 1.82) is 0 Å². The van der Waals surface area contributed by atoms with E-state index >= 15 is 0 Å². The number of furan rings is 1. The Kier molecular flexibility index (Phi) is 6.30. The number of carbonyl (C=O) groups excluding carboxylic acids is 2. The van der Waals surface area contributed by atoms with Crippen LogP contribution in [-0.4, -0.2) is 25.0 Å². The molecule has 0 saturated carbocycles. The molecule has 1 heterocycles. The number of hydrogen-bond acceptors (Lipinski definition) is 5. The number of esters is 1. The van der Waals surface area contributed by atoms with Crippen molar-refractivity contribution in [3.63, 3.8) is 0 Å². The fraction of sp³-hybridized carbons (Fsp3) is 0.400. The molecule has 3 N–H and O–H groups in total. The summed E-state index contributed by atoms with van der Waals surface area (Å²) in [7, 11) is 1.25. The lowest BCUT2D eigenvalue weighted by Crippen LogP contribution is -2.38. The molecule has 17 heavy (non-hydrogen) atoms. The molecule has 1 amide bonds. The van der Waals surface area contributed by atoms with Crippen molar-refractivity contribution in [1.82, 2.24) is 5.32 Å². The number of amides is 1. The maximum atomic E-state index is 11.6. The highest BCUT2D eigenvalue weighted by molar-refractivity contribution is 5.94. The molecule has 0 fully saturated rings. The van der Waals surface area contributed by atoms with Crippen molar-refractivity contribution in [2.24, 2.45) is 5.73 Å². The van der Waals surface area contributed by atoms with Crippen LogP contribution in [0.2, 0.25) is 0 Å². The molecule has 1 atom stereocenters. The van der Waals surface area contributed by atoms with Crippen LogP contribution in [0.25, 0.3) is 0 Å². The summed E-state index contributed by atoms with van der Waals surface area (Å²) in [5, 5.41) is 2.44. The summed E-state index contributed by atoms with van der Waals surface area (Å²) in [6.45, 7) is 1.75. The van der Waals surface area contributed by atoms with Gasteiger partial charge in [-0.15, -0.1) is 12.4 Å². The lowest BCUT2D eigenvalue weighted by molar-refractivity contribution is -0.142. The third kappa shape index (κ3) is 4.08. The van der Waals surface area contributed by atoms with E-state index in [9.17, 15) is 9.59 Å². The predicted octanol–water partition coefficient (Wildman–Crippen LogP) is 0.451. The van der Waals surface area contributed by atoms with Gasteiger partial charge in [-0.25, -0.2) is 4.79 Å². The van der Waals surface area contributed by atoms with E-state index in [-0.39, 0.29) is 24.7 Å². The van der Waals surface area contributed by atoms with Gasteiger partial charge in [-0.1, -0.05) is 0 Å². The number of hydrogen-bond donors (Lipinski definition) is 2. The van der Waals surface area contributed by atoms with Crippen LogP contribution in [0.15, 0.2) is 16.5 Å². The highest BCUT2D eigenvalue weighted by Crippen LogP contribution is 2.07. The molecule has 0 bridgehead atoms. The van der Waals surface area contributed by atoms with E-state index in [4.69, 9.17) is 10.2 Å². The number of methoxy groups -OCH3 is 1. The second-order valence-electron chi connectivity index (χ2n) is 3.19. The molecule has 0 aliphatic rings. The van der Waals surface area contributed by atoms with E-state index in [1.54, 1.807) is 6.07 Å². The Labute approximate surface area is 105 Å². The molecule has 0 radical (unpaired) electrons. The van der Waals surface area contributed by atoms with Crippen molar-refractivity contribution < 1.29 is 18.7 Å². The van der Waals surface area contributed by atoms with Crippen LogP contribution in [0.1, 0.15) is 23.2 Å².